The zero-order valence-corrected chi connectivity index (χ0v) is 15.1. The van der Waals surface area contributed by atoms with Crippen molar-refractivity contribution in [1.29, 1.82) is 0 Å². The molecule has 0 radical (unpaired) electrons. The van der Waals surface area contributed by atoms with E-state index >= 15 is 0 Å². The van der Waals surface area contributed by atoms with Gasteiger partial charge >= 0.3 is 0 Å². The Bertz CT molecular complexity index is 626. The first kappa shape index (κ1) is 18.6. The van der Waals surface area contributed by atoms with E-state index in [1.807, 2.05) is 61.5 Å². The Morgan fingerprint density at radius 1 is 1.12 bits per heavy atom. The summed E-state index contributed by atoms with van der Waals surface area (Å²) in [5.41, 5.74) is 2.36. The number of aliphatic hydroxyl groups excluding tert-OH is 1. The Hall–Kier alpha value is -1.78. The molecular formula is C20H25NO2S. The summed E-state index contributed by atoms with van der Waals surface area (Å²) in [7, 11) is 0. The number of carbonyl (C=O) groups is 1. The minimum atomic E-state index is -0.394. The van der Waals surface area contributed by atoms with E-state index in [1.165, 1.54) is 17.3 Å². The molecule has 0 aliphatic carbocycles. The molecule has 0 saturated carbocycles. The molecule has 0 aromatic heterocycles. The molecule has 4 heteroatoms. The number of aryl methyl sites for hydroxylation is 1. The van der Waals surface area contributed by atoms with Crippen LogP contribution in [0.15, 0.2) is 59.5 Å². The number of hydrogen-bond acceptors (Lipinski definition) is 3. The third-order valence-corrected chi connectivity index (χ3v) is 4.85. The van der Waals surface area contributed by atoms with Gasteiger partial charge in [0.1, 0.15) is 0 Å². The lowest BCUT2D eigenvalue weighted by Gasteiger charge is -2.19. The van der Waals surface area contributed by atoms with E-state index in [2.05, 4.69) is 5.32 Å². The van der Waals surface area contributed by atoms with Crippen LogP contribution in [0, 0.1) is 6.92 Å². The Morgan fingerprint density at radius 3 is 2.42 bits per heavy atom. The van der Waals surface area contributed by atoms with Gasteiger partial charge in [0.15, 0.2) is 0 Å². The minimum Gasteiger partial charge on any atom is -0.393 e. The van der Waals surface area contributed by atoms with Gasteiger partial charge in [0.2, 0.25) is 5.91 Å². The zero-order chi connectivity index (χ0) is 17.4. The van der Waals surface area contributed by atoms with Gasteiger partial charge in [-0.15, -0.1) is 11.8 Å². The molecule has 0 bridgehead atoms. The molecular weight excluding hydrogens is 318 g/mol. The molecule has 2 N–H and O–H groups in total. The number of thioether (sulfide) groups is 1. The molecule has 0 heterocycles. The summed E-state index contributed by atoms with van der Waals surface area (Å²) in [6.45, 7) is 4.38. The van der Waals surface area contributed by atoms with E-state index in [-0.39, 0.29) is 11.8 Å². The lowest BCUT2D eigenvalue weighted by molar-refractivity contribution is -0.118. The van der Waals surface area contributed by atoms with Crippen LogP contribution in [0.25, 0.3) is 0 Å². The van der Waals surface area contributed by atoms with Gasteiger partial charge in [0, 0.05) is 17.4 Å². The van der Waals surface area contributed by atoms with Crippen LogP contribution in [0.2, 0.25) is 0 Å². The molecule has 1 amide bonds. The van der Waals surface area contributed by atoms with Gasteiger partial charge in [-0.05, 0) is 38.0 Å². The molecule has 0 aliphatic rings. The second-order valence-corrected chi connectivity index (χ2v) is 7.15. The van der Waals surface area contributed by atoms with Crippen LogP contribution in [0.3, 0.4) is 0 Å². The van der Waals surface area contributed by atoms with Crippen molar-refractivity contribution in [3.05, 3.63) is 65.7 Å². The minimum absolute atomic E-state index is 0.0205. The topological polar surface area (TPSA) is 49.3 Å². The fraction of sp³-hybridized carbons (Fsp3) is 0.350. The number of amides is 1. The Balaban J connectivity index is 1.84. The largest absolute Gasteiger partial charge is 0.393 e. The summed E-state index contributed by atoms with van der Waals surface area (Å²) in [6.07, 6.45) is 0.240. The maximum atomic E-state index is 12.1. The van der Waals surface area contributed by atoms with Crippen LogP contribution >= 0.6 is 11.8 Å². The summed E-state index contributed by atoms with van der Waals surface area (Å²) in [5.74, 6) is 0.547. The van der Waals surface area contributed by atoms with Gasteiger partial charge in [-0.1, -0.05) is 48.0 Å². The molecule has 2 unspecified atom stereocenters. The Kier molecular flexibility index (Phi) is 7.35. The summed E-state index contributed by atoms with van der Waals surface area (Å²) in [6, 6.07) is 18.2. The first-order valence-corrected chi connectivity index (χ1v) is 9.22. The lowest BCUT2D eigenvalue weighted by Crippen LogP contribution is -2.31. The lowest BCUT2D eigenvalue weighted by atomic mass is 9.93. The van der Waals surface area contributed by atoms with Crippen molar-refractivity contribution < 1.29 is 9.90 Å². The third-order valence-electron chi connectivity index (χ3n) is 3.83. The normalized spacial score (nSPS) is 13.3. The molecule has 128 valence electrons. The van der Waals surface area contributed by atoms with E-state index in [9.17, 15) is 9.90 Å². The van der Waals surface area contributed by atoms with E-state index in [4.69, 9.17) is 0 Å². The maximum absolute atomic E-state index is 12.1. The van der Waals surface area contributed by atoms with Gasteiger partial charge in [-0.3, -0.25) is 4.79 Å². The van der Waals surface area contributed by atoms with Crippen molar-refractivity contribution in [3.63, 3.8) is 0 Å². The molecule has 0 aliphatic heterocycles. The standard InChI is InChI=1S/C20H25NO2S/c1-15-8-10-19(11-9-15)24-14-20(23)21-13-18(12-16(2)22)17-6-4-3-5-7-17/h3-11,16,18,22H,12-14H2,1-2H3,(H,21,23). The smallest absolute Gasteiger partial charge is 0.230 e. The molecule has 24 heavy (non-hydrogen) atoms. The van der Waals surface area contributed by atoms with Crippen molar-refractivity contribution in [2.75, 3.05) is 12.3 Å². The number of nitrogens with one attached hydrogen (secondary N) is 1. The summed E-state index contributed by atoms with van der Waals surface area (Å²) < 4.78 is 0. The fourth-order valence-electron chi connectivity index (χ4n) is 2.55. The highest BCUT2D eigenvalue weighted by Gasteiger charge is 2.15. The van der Waals surface area contributed by atoms with E-state index in [1.54, 1.807) is 6.92 Å². The number of aliphatic hydroxyl groups is 1. The average Bonchev–Trinajstić information content (AvgIpc) is 2.58. The highest BCUT2D eigenvalue weighted by Crippen LogP contribution is 2.21. The molecule has 0 spiro atoms. The van der Waals surface area contributed by atoms with Crippen molar-refractivity contribution in [2.45, 2.75) is 37.2 Å². The molecule has 2 aromatic rings. The number of rotatable bonds is 8. The quantitative estimate of drug-likeness (QED) is 0.718. The van der Waals surface area contributed by atoms with Crippen molar-refractivity contribution in [1.82, 2.24) is 5.32 Å². The highest BCUT2D eigenvalue weighted by atomic mass is 32.2. The Morgan fingerprint density at radius 2 is 1.79 bits per heavy atom. The van der Waals surface area contributed by atoms with Crippen LogP contribution in [-0.4, -0.2) is 29.4 Å². The summed E-state index contributed by atoms with van der Waals surface area (Å²) in [4.78, 5) is 13.2. The molecule has 3 nitrogen and oxygen atoms in total. The molecule has 2 rings (SSSR count). The third kappa shape index (κ3) is 6.38. The van der Waals surface area contributed by atoms with Crippen molar-refractivity contribution >= 4 is 17.7 Å². The van der Waals surface area contributed by atoms with E-state index in [0.29, 0.717) is 18.7 Å². The number of carbonyl (C=O) groups excluding carboxylic acids is 1. The first-order valence-electron chi connectivity index (χ1n) is 8.24. The fourth-order valence-corrected chi connectivity index (χ4v) is 3.27. The molecule has 2 aromatic carbocycles. The van der Waals surface area contributed by atoms with Gasteiger partial charge in [-0.2, -0.15) is 0 Å². The predicted octanol–water partition coefficient (Wildman–Crippen LogP) is 3.76. The molecule has 0 saturated heterocycles. The molecule has 2 atom stereocenters. The van der Waals surface area contributed by atoms with Gasteiger partial charge < -0.3 is 10.4 Å². The van der Waals surface area contributed by atoms with Crippen molar-refractivity contribution in [2.24, 2.45) is 0 Å². The van der Waals surface area contributed by atoms with Crippen LogP contribution < -0.4 is 5.32 Å². The maximum Gasteiger partial charge on any atom is 0.230 e. The average molecular weight is 343 g/mol. The second-order valence-electron chi connectivity index (χ2n) is 6.10. The number of benzene rings is 2. The van der Waals surface area contributed by atoms with Gasteiger partial charge in [-0.25, -0.2) is 0 Å². The van der Waals surface area contributed by atoms with Gasteiger partial charge in [0.25, 0.3) is 0 Å². The second kappa shape index (κ2) is 9.50. The monoisotopic (exact) mass is 343 g/mol. The highest BCUT2D eigenvalue weighted by molar-refractivity contribution is 8.00. The first-order chi connectivity index (χ1) is 11.5. The summed E-state index contributed by atoms with van der Waals surface area (Å²) in [5, 5.41) is 12.7. The van der Waals surface area contributed by atoms with Gasteiger partial charge in [0.05, 0.1) is 11.9 Å². The van der Waals surface area contributed by atoms with E-state index in [0.717, 1.165) is 10.5 Å². The molecule has 0 fully saturated rings. The van der Waals surface area contributed by atoms with Crippen LogP contribution in [0.1, 0.15) is 30.4 Å². The zero-order valence-electron chi connectivity index (χ0n) is 14.2. The Labute approximate surface area is 148 Å². The summed E-state index contributed by atoms with van der Waals surface area (Å²) >= 11 is 1.54. The number of hydrogen-bond donors (Lipinski definition) is 2. The predicted molar refractivity (Wildman–Crippen MR) is 100 cm³/mol. The van der Waals surface area contributed by atoms with Crippen LogP contribution in [0.5, 0.6) is 0 Å². The van der Waals surface area contributed by atoms with Crippen LogP contribution in [-0.2, 0) is 4.79 Å². The van der Waals surface area contributed by atoms with Crippen molar-refractivity contribution in [3.8, 4) is 0 Å². The van der Waals surface area contributed by atoms with Crippen LogP contribution in [0.4, 0.5) is 0 Å². The van der Waals surface area contributed by atoms with E-state index < -0.39 is 6.10 Å². The SMILES string of the molecule is Cc1ccc(SCC(=O)NCC(CC(C)O)c2ccccc2)cc1.